The molecule has 118 valence electrons. The fourth-order valence-corrected chi connectivity index (χ4v) is 4.98. The first-order chi connectivity index (χ1) is 10.00. The van der Waals surface area contributed by atoms with Gasteiger partial charge in [-0.2, -0.15) is 11.8 Å². The molecule has 0 amide bonds. The molecule has 7 heteroatoms. The maximum Gasteiger partial charge on any atom is 0.242 e. The maximum absolute atomic E-state index is 12.4. The second-order valence-corrected chi connectivity index (χ2v) is 9.07. The predicted octanol–water partition coefficient (Wildman–Crippen LogP) is 1.88. The van der Waals surface area contributed by atoms with Crippen molar-refractivity contribution in [2.45, 2.75) is 54.4 Å². The minimum atomic E-state index is -3.49. The van der Waals surface area contributed by atoms with Crippen molar-refractivity contribution in [3.05, 3.63) is 18.0 Å². The zero-order chi connectivity index (χ0) is 15.1. The molecule has 1 aromatic rings. The van der Waals surface area contributed by atoms with Crippen LogP contribution in [0.5, 0.6) is 0 Å². The first kappa shape index (κ1) is 15.4. The summed E-state index contributed by atoms with van der Waals surface area (Å²) in [5.41, 5.74) is 0.682. The topological polar surface area (TPSA) is 71.3 Å². The van der Waals surface area contributed by atoms with Gasteiger partial charge in [0.15, 0.2) is 0 Å². The van der Waals surface area contributed by atoms with Crippen molar-refractivity contribution in [1.82, 2.24) is 9.29 Å². The standard InChI is InChI=1S/C14H22N2O3S2/c1-20-14(5-2-6-14)10-15-21(18,19)13-7-12(9-17)16(8-13)11-3-4-11/h7-8,11,15,17H,2-6,9-10H2,1H3. The van der Waals surface area contributed by atoms with Gasteiger partial charge in [-0.15, -0.1) is 0 Å². The largest absolute Gasteiger partial charge is 0.390 e. The smallest absolute Gasteiger partial charge is 0.242 e. The van der Waals surface area contributed by atoms with Crippen molar-refractivity contribution >= 4 is 21.8 Å². The SMILES string of the molecule is CSC1(CNS(=O)(=O)c2cc(CO)n(C3CC3)c2)CCC1. The lowest BCUT2D eigenvalue weighted by Crippen LogP contribution is -2.45. The lowest BCUT2D eigenvalue weighted by molar-refractivity contribution is 0.270. The summed E-state index contributed by atoms with van der Waals surface area (Å²) in [5.74, 6) is 0. The van der Waals surface area contributed by atoms with Crippen molar-refractivity contribution < 1.29 is 13.5 Å². The Morgan fingerprint density at radius 3 is 2.67 bits per heavy atom. The van der Waals surface area contributed by atoms with Crippen molar-refractivity contribution in [3.63, 3.8) is 0 Å². The molecule has 2 aliphatic rings. The molecular formula is C14H22N2O3S2. The van der Waals surface area contributed by atoms with Crippen molar-refractivity contribution in [3.8, 4) is 0 Å². The molecule has 2 saturated carbocycles. The summed E-state index contributed by atoms with van der Waals surface area (Å²) in [4.78, 5) is 0.272. The summed E-state index contributed by atoms with van der Waals surface area (Å²) in [6, 6.07) is 1.95. The van der Waals surface area contributed by atoms with Gasteiger partial charge in [0.05, 0.1) is 11.5 Å². The van der Waals surface area contributed by atoms with Gasteiger partial charge >= 0.3 is 0 Å². The quantitative estimate of drug-likeness (QED) is 0.801. The fraction of sp³-hybridized carbons (Fsp3) is 0.714. The minimum absolute atomic E-state index is 0.0753. The number of aliphatic hydroxyl groups excluding tert-OH is 1. The Hall–Kier alpha value is -0.500. The molecule has 21 heavy (non-hydrogen) atoms. The molecule has 0 aromatic carbocycles. The van der Waals surface area contributed by atoms with Gasteiger partial charge in [0.1, 0.15) is 0 Å². The third-order valence-corrected chi connectivity index (χ3v) is 7.39. The van der Waals surface area contributed by atoms with E-state index in [9.17, 15) is 13.5 Å². The predicted molar refractivity (Wildman–Crippen MR) is 83.9 cm³/mol. The van der Waals surface area contributed by atoms with Crippen LogP contribution in [0.4, 0.5) is 0 Å². The number of hydrogen-bond acceptors (Lipinski definition) is 4. The molecule has 1 aromatic heterocycles. The van der Waals surface area contributed by atoms with Crippen molar-refractivity contribution in [2.24, 2.45) is 0 Å². The molecule has 2 fully saturated rings. The monoisotopic (exact) mass is 330 g/mol. The lowest BCUT2D eigenvalue weighted by atomic mass is 9.84. The number of nitrogens with one attached hydrogen (secondary N) is 1. The fourth-order valence-electron chi connectivity index (χ4n) is 2.80. The summed E-state index contributed by atoms with van der Waals surface area (Å²) >= 11 is 1.75. The highest BCUT2D eigenvalue weighted by molar-refractivity contribution is 8.00. The van der Waals surface area contributed by atoms with E-state index in [2.05, 4.69) is 4.72 Å². The summed E-state index contributed by atoms with van der Waals surface area (Å²) in [5, 5.41) is 9.38. The first-order valence-corrected chi connectivity index (χ1v) is 10.1. The van der Waals surface area contributed by atoms with Gasteiger partial charge < -0.3 is 9.67 Å². The maximum atomic E-state index is 12.4. The average Bonchev–Trinajstić information content (AvgIpc) is 3.16. The Morgan fingerprint density at radius 1 is 1.48 bits per heavy atom. The Morgan fingerprint density at radius 2 is 2.19 bits per heavy atom. The van der Waals surface area contributed by atoms with Crippen LogP contribution in [0.25, 0.3) is 0 Å². The van der Waals surface area contributed by atoms with Crippen LogP contribution < -0.4 is 4.72 Å². The van der Waals surface area contributed by atoms with Crippen LogP contribution in [-0.2, 0) is 16.6 Å². The van der Waals surface area contributed by atoms with Crippen molar-refractivity contribution in [2.75, 3.05) is 12.8 Å². The molecule has 0 atom stereocenters. The van der Waals surface area contributed by atoms with Crippen LogP contribution in [0.3, 0.4) is 0 Å². The average molecular weight is 330 g/mol. The van der Waals surface area contributed by atoms with E-state index in [1.807, 2.05) is 10.8 Å². The minimum Gasteiger partial charge on any atom is -0.390 e. The first-order valence-electron chi connectivity index (χ1n) is 7.36. The molecule has 2 N–H and O–H groups in total. The van der Waals surface area contributed by atoms with E-state index in [-0.39, 0.29) is 16.2 Å². The zero-order valence-corrected chi connectivity index (χ0v) is 13.8. The molecule has 5 nitrogen and oxygen atoms in total. The van der Waals surface area contributed by atoms with E-state index < -0.39 is 10.0 Å². The van der Waals surface area contributed by atoms with E-state index in [4.69, 9.17) is 0 Å². The van der Waals surface area contributed by atoms with Crippen LogP contribution in [-0.4, -0.2) is 35.6 Å². The number of aromatic nitrogens is 1. The van der Waals surface area contributed by atoms with E-state index in [0.29, 0.717) is 18.3 Å². The second-order valence-electron chi connectivity index (χ2n) is 6.03. The summed E-state index contributed by atoms with van der Waals surface area (Å²) in [7, 11) is -3.49. The second kappa shape index (κ2) is 5.61. The number of sulfonamides is 1. The van der Waals surface area contributed by atoms with Gasteiger partial charge in [0.25, 0.3) is 0 Å². The van der Waals surface area contributed by atoms with Crippen LogP contribution >= 0.6 is 11.8 Å². The number of nitrogens with zero attached hydrogens (tertiary/aromatic N) is 1. The highest BCUT2D eigenvalue weighted by atomic mass is 32.2. The van der Waals surface area contributed by atoms with Gasteiger partial charge in [-0.05, 0) is 38.0 Å². The Balaban J connectivity index is 1.75. The van der Waals surface area contributed by atoms with E-state index in [0.717, 1.165) is 25.7 Å². The lowest BCUT2D eigenvalue weighted by Gasteiger charge is -2.40. The third kappa shape index (κ3) is 3.02. The Labute approximate surface area is 130 Å². The van der Waals surface area contributed by atoms with Gasteiger partial charge in [0, 0.05) is 29.2 Å². The molecule has 1 heterocycles. The van der Waals surface area contributed by atoms with Crippen molar-refractivity contribution in [1.29, 1.82) is 0 Å². The molecule has 0 bridgehead atoms. The zero-order valence-electron chi connectivity index (χ0n) is 12.2. The number of hydrogen-bond donors (Lipinski definition) is 2. The van der Waals surface area contributed by atoms with Crippen LogP contribution in [0, 0.1) is 0 Å². The van der Waals surface area contributed by atoms with Crippen LogP contribution in [0.1, 0.15) is 43.8 Å². The molecule has 0 saturated heterocycles. The molecule has 0 aliphatic heterocycles. The Kier molecular flexibility index (Phi) is 4.11. The van der Waals surface area contributed by atoms with Gasteiger partial charge in [-0.1, -0.05) is 6.42 Å². The third-order valence-electron chi connectivity index (χ3n) is 4.60. The Bertz CT molecular complexity index is 611. The number of rotatable bonds is 7. The summed E-state index contributed by atoms with van der Waals surface area (Å²) in [6.45, 7) is 0.361. The number of thioether (sulfide) groups is 1. The molecule has 3 rings (SSSR count). The highest BCUT2D eigenvalue weighted by Crippen LogP contribution is 2.42. The van der Waals surface area contributed by atoms with E-state index in [1.54, 1.807) is 24.0 Å². The van der Waals surface area contributed by atoms with Gasteiger partial charge in [-0.3, -0.25) is 0 Å². The number of aliphatic hydroxyl groups is 1. The molecule has 0 radical (unpaired) electrons. The molecule has 0 spiro atoms. The van der Waals surface area contributed by atoms with Crippen LogP contribution in [0.15, 0.2) is 17.2 Å². The highest BCUT2D eigenvalue weighted by Gasteiger charge is 2.37. The van der Waals surface area contributed by atoms with E-state index in [1.165, 1.54) is 6.42 Å². The van der Waals surface area contributed by atoms with Gasteiger partial charge in [0.2, 0.25) is 10.0 Å². The molecule has 2 aliphatic carbocycles. The van der Waals surface area contributed by atoms with Gasteiger partial charge in [-0.25, -0.2) is 13.1 Å². The van der Waals surface area contributed by atoms with Crippen LogP contribution in [0.2, 0.25) is 0 Å². The van der Waals surface area contributed by atoms with E-state index >= 15 is 0 Å². The normalized spacial score (nSPS) is 21.2. The molecular weight excluding hydrogens is 308 g/mol. The summed E-state index contributed by atoms with van der Waals surface area (Å²) < 4.78 is 29.6. The summed E-state index contributed by atoms with van der Waals surface area (Å²) in [6.07, 6.45) is 9.14. The molecule has 0 unspecified atom stereocenters.